The van der Waals surface area contributed by atoms with E-state index in [0.29, 0.717) is 29.1 Å². The summed E-state index contributed by atoms with van der Waals surface area (Å²) in [6, 6.07) is 3.85. The van der Waals surface area contributed by atoms with Gasteiger partial charge in [0, 0.05) is 48.5 Å². The molecule has 3 aromatic heterocycles. The number of pyridine rings is 1. The first kappa shape index (κ1) is 20.3. The van der Waals surface area contributed by atoms with Crippen molar-refractivity contribution in [1.29, 1.82) is 0 Å². The number of carbonyl (C=O) groups excluding carboxylic acids is 2. The second-order valence-electron chi connectivity index (χ2n) is 8.31. The molecule has 0 unspecified atom stereocenters. The van der Waals surface area contributed by atoms with Crippen molar-refractivity contribution in [1.82, 2.24) is 19.4 Å². The van der Waals surface area contributed by atoms with Crippen molar-refractivity contribution in [2.45, 2.75) is 45.3 Å². The van der Waals surface area contributed by atoms with Gasteiger partial charge < -0.3 is 19.2 Å². The quantitative estimate of drug-likeness (QED) is 0.674. The number of hydrogen-bond acceptors (Lipinski definition) is 5. The van der Waals surface area contributed by atoms with Gasteiger partial charge in [0.2, 0.25) is 0 Å². The van der Waals surface area contributed by atoms with E-state index < -0.39 is 5.60 Å². The molecule has 158 valence electrons. The Morgan fingerprint density at radius 1 is 1.30 bits per heavy atom. The molecule has 4 heterocycles. The van der Waals surface area contributed by atoms with Crippen molar-refractivity contribution in [3.63, 3.8) is 0 Å². The second kappa shape index (κ2) is 8.06. The van der Waals surface area contributed by atoms with E-state index in [1.54, 1.807) is 23.4 Å². The lowest BCUT2D eigenvalue weighted by Crippen LogP contribution is -2.42. The Kier molecular flexibility index (Phi) is 5.46. The first-order valence-electron chi connectivity index (χ1n) is 9.96. The van der Waals surface area contributed by atoms with Crippen LogP contribution in [-0.4, -0.2) is 50.1 Å². The largest absolute Gasteiger partial charge is 0.444 e. The Labute approximate surface area is 178 Å². The summed E-state index contributed by atoms with van der Waals surface area (Å²) in [6.45, 7) is 6.84. The number of likely N-dealkylation sites (tertiary alicyclic amines) is 1. The van der Waals surface area contributed by atoms with Gasteiger partial charge in [-0.05, 0) is 45.7 Å². The SMILES string of the molecule is CC(C)(C)OC(=O)N1CCC(n2ccs/c2=N\C(=O)c2c[nH]c3ncccc23)CC1. The van der Waals surface area contributed by atoms with Gasteiger partial charge >= 0.3 is 6.09 Å². The first-order valence-corrected chi connectivity index (χ1v) is 10.8. The molecular formula is C21H25N5O3S. The third-order valence-corrected chi connectivity index (χ3v) is 5.77. The number of nitrogens with one attached hydrogen (secondary N) is 1. The molecule has 0 bridgehead atoms. The average Bonchev–Trinajstić information content (AvgIpc) is 3.33. The summed E-state index contributed by atoms with van der Waals surface area (Å²) >= 11 is 1.43. The molecule has 1 fully saturated rings. The Bertz CT molecular complexity index is 1130. The van der Waals surface area contributed by atoms with Crippen molar-refractivity contribution in [2.24, 2.45) is 4.99 Å². The van der Waals surface area contributed by atoms with E-state index >= 15 is 0 Å². The number of aromatic amines is 1. The smallest absolute Gasteiger partial charge is 0.410 e. The number of aromatic nitrogens is 3. The van der Waals surface area contributed by atoms with Crippen molar-refractivity contribution < 1.29 is 14.3 Å². The first-order chi connectivity index (χ1) is 14.3. The lowest BCUT2D eigenvalue weighted by Gasteiger charge is -2.33. The molecule has 3 aromatic rings. The maximum absolute atomic E-state index is 12.8. The number of carbonyl (C=O) groups is 2. The van der Waals surface area contributed by atoms with Gasteiger partial charge in [-0.15, -0.1) is 11.3 Å². The molecule has 0 spiro atoms. The van der Waals surface area contributed by atoms with Crippen LogP contribution < -0.4 is 4.80 Å². The monoisotopic (exact) mass is 427 g/mol. The molecule has 2 amide bonds. The van der Waals surface area contributed by atoms with Crippen LogP contribution in [0.3, 0.4) is 0 Å². The van der Waals surface area contributed by atoms with E-state index in [9.17, 15) is 9.59 Å². The number of H-pyrrole nitrogens is 1. The number of ether oxygens (including phenoxy) is 1. The number of rotatable bonds is 2. The number of fused-ring (bicyclic) bond motifs is 1. The summed E-state index contributed by atoms with van der Waals surface area (Å²) in [4.78, 5) is 39.1. The summed E-state index contributed by atoms with van der Waals surface area (Å²) in [5.41, 5.74) is 0.683. The Morgan fingerprint density at radius 3 is 2.80 bits per heavy atom. The van der Waals surface area contributed by atoms with Crippen molar-refractivity contribution in [3.8, 4) is 0 Å². The van der Waals surface area contributed by atoms with Crippen molar-refractivity contribution in [3.05, 3.63) is 46.5 Å². The normalized spacial score (nSPS) is 16.2. The zero-order valence-corrected chi connectivity index (χ0v) is 18.1. The fourth-order valence-electron chi connectivity index (χ4n) is 3.58. The average molecular weight is 428 g/mol. The van der Waals surface area contributed by atoms with Gasteiger partial charge in [-0.25, -0.2) is 9.78 Å². The van der Waals surface area contributed by atoms with Crippen molar-refractivity contribution >= 4 is 34.4 Å². The predicted octanol–water partition coefficient (Wildman–Crippen LogP) is 3.74. The summed E-state index contributed by atoms with van der Waals surface area (Å²) in [6.07, 6.45) is 6.59. The maximum Gasteiger partial charge on any atom is 0.410 e. The van der Waals surface area contributed by atoms with Gasteiger partial charge in [0.1, 0.15) is 11.2 Å². The number of amides is 2. The van der Waals surface area contributed by atoms with E-state index in [1.807, 2.05) is 43.0 Å². The van der Waals surface area contributed by atoms with Crippen LogP contribution in [0.4, 0.5) is 4.79 Å². The fourth-order valence-corrected chi connectivity index (χ4v) is 4.36. The zero-order valence-electron chi connectivity index (χ0n) is 17.3. The highest BCUT2D eigenvalue weighted by atomic mass is 32.1. The van der Waals surface area contributed by atoms with E-state index in [4.69, 9.17) is 4.74 Å². The van der Waals surface area contributed by atoms with Gasteiger partial charge in [0.15, 0.2) is 4.80 Å². The lowest BCUT2D eigenvalue weighted by atomic mass is 10.1. The van der Waals surface area contributed by atoms with E-state index in [0.717, 1.165) is 18.2 Å². The molecule has 30 heavy (non-hydrogen) atoms. The van der Waals surface area contributed by atoms with E-state index in [2.05, 4.69) is 15.0 Å². The molecule has 0 aliphatic carbocycles. The Hall–Kier alpha value is -2.94. The van der Waals surface area contributed by atoms with Crippen LogP contribution in [0.15, 0.2) is 41.1 Å². The third kappa shape index (κ3) is 4.30. The van der Waals surface area contributed by atoms with Gasteiger partial charge in [0.25, 0.3) is 5.91 Å². The lowest BCUT2D eigenvalue weighted by molar-refractivity contribution is 0.0188. The van der Waals surface area contributed by atoms with Crippen LogP contribution in [-0.2, 0) is 4.74 Å². The summed E-state index contributed by atoms with van der Waals surface area (Å²) < 4.78 is 7.51. The molecule has 4 rings (SSSR count). The zero-order chi connectivity index (χ0) is 21.3. The predicted molar refractivity (Wildman–Crippen MR) is 114 cm³/mol. The van der Waals surface area contributed by atoms with Crippen LogP contribution >= 0.6 is 11.3 Å². The Balaban J connectivity index is 1.49. The summed E-state index contributed by atoms with van der Waals surface area (Å²) in [7, 11) is 0. The topological polar surface area (TPSA) is 92.6 Å². The maximum atomic E-state index is 12.8. The minimum absolute atomic E-state index is 0.186. The van der Waals surface area contributed by atoms with Gasteiger partial charge in [-0.2, -0.15) is 4.99 Å². The molecule has 0 saturated carbocycles. The Morgan fingerprint density at radius 2 is 2.07 bits per heavy atom. The fraction of sp³-hybridized carbons (Fsp3) is 0.429. The summed E-state index contributed by atoms with van der Waals surface area (Å²) in [5.74, 6) is -0.295. The van der Waals surface area contributed by atoms with Crippen LogP contribution in [0.25, 0.3) is 11.0 Å². The van der Waals surface area contributed by atoms with Crippen LogP contribution in [0, 0.1) is 0 Å². The highest BCUT2D eigenvalue weighted by molar-refractivity contribution is 7.07. The molecule has 1 aliphatic rings. The number of piperidine rings is 1. The number of nitrogens with zero attached hydrogens (tertiary/aromatic N) is 4. The molecule has 1 aliphatic heterocycles. The van der Waals surface area contributed by atoms with E-state index in [-0.39, 0.29) is 18.0 Å². The van der Waals surface area contributed by atoms with Crippen LogP contribution in [0.1, 0.15) is 50.0 Å². The van der Waals surface area contributed by atoms with E-state index in [1.165, 1.54) is 11.3 Å². The molecule has 8 nitrogen and oxygen atoms in total. The molecule has 0 atom stereocenters. The molecule has 0 aromatic carbocycles. The third-order valence-electron chi connectivity index (χ3n) is 5.00. The van der Waals surface area contributed by atoms with Gasteiger partial charge in [0.05, 0.1) is 5.56 Å². The van der Waals surface area contributed by atoms with Gasteiger partial charge in [-0.3, -0.25) is 4.79 Å². The second-order valence-corrected chi connectivity index (χ2v) is 9.18. The molecule has 9 heteroatoms. The van der Waals surface area contributed by atoms with Crippen LogP contribution in [0.5, 0.6) is 0 Å². The highest BCUT2D eigenvalue weighted by Gasteiger charge is 2.27. The van der Waals surface area contributed by atoms with Gasteiger partial charge in [-0.1, -0.05) is 0 Å². The van der Waals surface area contributed by atoms with Crippen molar-refractivity contribution in [2.75, 3.05) is 13.1 Å². The molecule has 1 saturated heterocycles. The molecule has 0 radical (unpaired) electrons. The standard InChI is InChI=1S/C21H25N5O3S/c1-21(2,3)29-20(28)25-9-6-14(7-10-25)26-11-12-30-19(26)24-18(27)16-13-23-17-15(16)5-4-8-22-17/h4-5,8,11-14H,6-7,9-10H2,1-3H3,(H,22,23)/b24-19-. The summed E-state index contributed by atoms with van der Waals surface area (Å²) in [5, 5.41) is 2.70. The molecule has 1 N–H and O–H groups in total. The highest BCUT2D eigenvalue weighted by Crippen LogP contribution is 2.23. The molecular weight excluding hydrogens is 402 g/mol. The van der Waals surface area contributed by atoms with Crippen LogP contribution in [0.2, 0.25) is 0 Å². The number of hydrogen-bond donors (Lipinski definition) is 1. The minimum Gasteiger partial charge on any atom is -0.444 e. The number of thiazole rings is 1. The minimum atomic E-state index is -0.500.